The van der Waals surface area contributed by atoms with Gasteiger partial charge >= 0.3 is 6.18 Å². The maximum absolute atomic E-state index is 12.9. The summed E-state index contributed by atoms with van der Waals surface area (Å²) in [4.78, 5) is 1.46. The molecule has 0 amide bonds. The molecule has 1 aromatic carbocycles. The van der Waals surface area contributed by atoms with Crippen LogP contribution in [0.4, 0.5) is 18.9 Å². The van der Waals surface area contributed by atoms with Gasteiger partial charge in [0.25, 0.3) is 0 Å². The van der Waals surface area contributed by atoms with Crippen molar-refractivity contribution >= 4 is 5.69 Å². The first-order valence-corrected chi connectivity index (χ1v) is 5.35. The number of nitrogens with two attached hydrogens (primary N) is 1. The second-order valence-electron chi connectivity index (χ2n) is 4.43. The number of benzene rings is 1. The lowest BCUT2D eigenvalue weighted by atomic mass is 10.0. The molecule has 0 spiro atoms. The molecule has 1 aromatic rings. The number of hydrogen-bond acceptors (Lipinski definition) is 2. The van der Waals surface area contributed by atoms with E-state index in [0.717, 1.165) is 0 Å². The van der Waals surface area contributed by atoms with Gasteiger partial charge in [-0.05, 0) is 31.0 Å². The molecule has 0 bridgehead atoms. The summed E-state index contributed by atoms with van der Waals surface area (Å²) in [6, 6.07) is 4.20. The second kappa shape index (κ2) is 4.96. The SMILES string of the molecule is CC(N)Cc1ccc(N(C)C)c(C(F)(F)F)c1. The van der Waals surface area contributed by atoms with Crippen molar-refractivity contribution in [1.29, 1.82) is 0 Å². The molecule has 0 radical (unpaired) electrons. The van der Waals surface area contributed by atoms with Gasteiger partial charge in [0.2, 0.25) is 0 Å². The van der Waals surface area contributed by atoms with Crippen molar-refractivity contribution in [2.75, 3.05) is 19.0 Å². The van der Waals surface area contributed by atoms with Crippen molar-refractivity contribution in [3.8, 4) is 0 Å². The molecule has 0 aliphatic rings. The quantitative estimate of drug-likeness (QED) is 0.888. The highest BCUT2D eigenvalue weighted by Crippen LogP contribution is 2.36. The Kier molecular flexibility index (Phi) is 4.03. The number of rotatable bonds is 3. The van der Waals surface area contributed by atoms with Crippen LogP contribution in [0.2, 0.25) is 0 Å². The third-order valence-electron chi connectivity index (χ3n) is 2.41. The number of hydrogen-bond donors (Lipinski definition) is 1. The highest BCUT2D eigenvalue weighted by molar-refractivity contribution is 5.55. The molecule has 96 valence electrons. The molecule has 0 aromatic heterocycles. The minimum atomic E-state index is -4.34. The minimum Gasteiger partial charge on any atom is -0.377 e. The Labute approximate surface area is 99.2 Å². The van der Waals surface area contributed by atoms with Crippen molar-refractivity contribution in [3.63, 3.8) is 0 Å². The van der Waals surface area contributed by atoms with Crippen LogP contribution in [0.15, 0.2) is 18.2 Å². The standard InChI is InChI=1S/C12H17F3N2/c1-8(16)6-9-4-5-11(17(2)3)10(7-9)12(13,14)15/h4-5,7-8H,6,16H2,1-3H3. The molecule has 2 N–H and O–H groups in total. The van der Waals surface area contributed by atoms with Gasteiger partial charge in [0.05, 0.1) is 5.56 Å². The van der Waals surface area contributed by atoms with Gasteiger partial charge in [0, 0.05) is 25.8 Å². The lowest BCUT2D eigenvalue weighted by molar-refractivity contribution is -0.137. The molecule has 1 unspecified atom stereocenters. The molecular formula is C12H17F3N2. The lowest BCUT2D eigenvalue weighted by Crippen LogP contribution is -2.20. The van der Waals surface area contributed by atoms with E-state index < -0.39 is 11.7 Å². The topological polar surface area (TPSA) is 29.3 Å². The Morgan fingerprint density at radius 1 is 1.29 bits per heavy atom. The van der Waals surface area contributed by atoms with Crippen LogP contribution in [0.5, 0.6) is 0 Å². The monoisotopic (exact) mass is 246 g/mol. The van der Waals surface area contributed by atoms with Gasteiger partial charge in [-0.25, -0.2) is 0 Å². The third-order valence-corrected chi connectivity index (χ3v) is 2.41. The van der Waals surface area contributed by atoms with Crippen LogP contribution in [0.25, 0.3) is 0 Å². The van der Waals surface area contributed by atoms with Gasteiger partial charge in [0.1, 0.15) is 0 Å². The summed E-state index contributed by atoms with van der Waals surface area (Å²) in [7, 11) is 3.19. The fraction of sp³-hybridized carbons (Fsp3) is 0.500. The molecule has 5 heteroatoms. The fourth-order valence-corrected chi connectivity index (χ4v) is 1.70. The van der Waals surface area contributed by atoms with E-state index in [1.165, 1.54) is 17.0 Å². The zero-order valence-electron chi connectivity index (χ0n) is 10.2. The van der Waals surface area contributed by atoms with Crippen LogP contribution in [-0.4, -0.2) is 20.1 Å². The first-order chi connectivity index (χ1) is 7.71. The average Bonchev–Trinajstić information content (AvgIpc) is 2.14. The fourth-order valence-electron chi connectivity index (χ4n) is 1.70. The molecule has 0 aliphatic carbocycles. The van der Waals surface area contributed by atoms with Gasteiger partial charge in [-0.3, -0.25) is 0 Å². The van der Waals surface area contributed by atoms with Crippen molar-refractivity contribution < 1.29 is 13.2 Å². The molecule has 1 atom stereocenters. The van der Waals surface area contributed by atoms with Crippen molar-refractivity contribution in [2.45, 2.75) is 25.6 Å². The van der Waals surface area contributed by atoms with Crippen LogP contribution in [-0.2, 0) is 12.6 Å². The predicted octanol–water partition coefficient (Wildman–Crippen LogP) is 2.66. The van der Waals surface area contributed by atoms with E-state index in [1.54, 1.807) is 27.1 Å². The molecular weight excluding hydrogens is 229 g/mol. The van der Waals surface area contributed by atoms with E-state index in [0.29, 0.717) is 12.0 Å². The number of nitrogens with zero attached hydrogens (tertiary/aromatic N) is 1. The highest BCUT2D eigenvalue weighted by atomic mass is 19.4. The molecule has 1 rings (SSSR count). The first-order valence-electron chi connectivity index (χ1n) is 5.35. The Morgan fingerprint density at radius 3 is 2.29 bits per heavy atom. The molecule has 0 aliphatic heterocycles. The van der Waals surface area contributed by atoms with Gasteiger partial charge in [-0.1, -0.05) is 6.07 Å². The number of anilines is 1. The zero-order chi connectivity index (χ0) is 13.2. The van der Waals surface area contributed by atoms with Gasteiger partial charge in [-0.2, -0.15) is 13.2 Å². The van der Waals surface area contributed by atoms with E-state index in [9.17, 15) is 13.2 Å². The van der Waals surface area contributed by atoms with Crippen molar-refractivity contribution in [2.24, 2.45) is 5.73 Å². The van der Waals surface area contributed by atoms with Crippen LogP contribution in [0, 0.1) is 0 Å². The maximum atomic E-state index is 12.9. The van der Waals surface area contributed by atoms with Gasteiger partial charge < -0.3 is 10.6 Å². The number of alkyl halides is 3. The molecule has 17 heavy (non-hydrogen) atoms. The highest BCUT2D eigenvalue weighted by Gasteiger charge is 2.34. The zero-order valence-corrected chi connectivity index (χ0v) is 10.2. The number of halogens is 3. The van der Waals surface area contributed by atoms with Crippen LogP contribution >= 0.6 is 0 Å². The Morgan fingerprint density at radius 2 is 1.88 bits per heavy atom. The normalized spacial score (nSPS) is 13.6. The summed E-state index contributed by atoms with van der Waals surface area (Å²) in [6.07, 6.45) is -3.90. The lowest BCUT2D eigenvalue weighted by Gasteiger charge is -2.20. The van der Waals surface area contributed by atoms with Crippen molar-refractivity contribution in [3.05, 3.63) is 29.3 Å². The largest absolute Gasteiger partial charge is 0.418 e. The molecule has 0 fully saturated rings. The molecule has 2 nitrogen and oxygen atoms in total. The van der Waals surface area contributed by atoms with Crippen LogP contribution < -0.4 is 10.6 Å². The van der Waals surface area contributed by atoms with E-state index in [-0.39, 0.29) is 11.7 Å². The summed E-state index contributed by atoms with van der Waals surface area (Å²) in [5.41, 5.74) is 5.76. The summed E-state index contributed by atoms with van der Waals surface area (Å²) < 4.78 is 38.6. The Bertz CT molecular complexity index is 384. The maximum Gasteiger partial charge on any atom is 0.418 e. The second-order valence-corrected chi connectivity index (χ2v) is 4.43. The smallest absolute Gasteiger partial charge is 0.377 e. The van der Waals surface area contributed by atoms with E-state index in [1.807, 2.05) is 0 Å². The van der Waals surface area contributed by atoms with Gasteiger partial charge in [-0.15, -0.1) is 0 Å². The van der Waals surface area contributed by atoms with Crippen molar-refractivity contribution in [1.82, 2.24) is 0 Å². The van der Waals surface area contributed by atoms with Crippen LogP contribution in [0.3, 0.4) is 0 Å². The summed E-state index contributed by atoms with van der Waals surface area (Å²) in [6.45, 7) is 1.77. The predicted molar refractivity (Wildman–Crippen MR) is 63.1 cm³/mol. The summed E-state index contributed by atoms with van der Waals surface area (Å²) >= 11 is 0. The summed E-state index contributed by atoms with van der Waals surface area (Å²) in [5.74, 6) is 0. The molecule has 0 heterocycles. The van der Waals surface area contributed by atoms with Crippen LogP contribution in [0.1, 0.15) is 18.1 Å². The third kappa shape index (κ3) is 3.63. The van der Waals surface area contributed by atoms with E-state index >= 15 is 0 Å². The average molecular weight is 246 g/mol. The Balaban J connectivity index is 3.20. The first kappa shape index (κ1) is 13.8. The van der Waals surface area contributed by atoms with E-state index in [2.05, 4.69) is 0 Å². The minimum absolute atomic E-state index is 0.152. The molecule has 0 saturated carbocycles. The van der Waals surface area contributed by atoms with E-state index in [4.69, 9.17) is 5.73 Å². The summed E-state index contributed by atoms with van der Waals surface area (Å²) in [5, 5.41) is 0. The Hall–Kier alpha value is -1.23. The van der Waals surface area contributed by atoms with Gasteiger partial charge in [0.15, 0.2) is 0 Å². The molecule has 0 saturated heterocycles.